The number of hydrogen-bond acceptors (Lipinski definition) is 2. The summed E-state index contributed by atoms with van der Waals surface area (Å²) in [6.45, 7) is 6.35. The van der Waals surface area contributed by atoms with Crippen LogP contribution in [-0.2, 0) is 4.79 Å². The zero-order valence-electron chi connectivity index (χ0n) is 9.12. The fourth-order valence-electron chi connectivity index (χ4n) is 2.38. The molecule has 1 amide bonds. The van der Waals surface area contributed by atoms with Crippen molar-refractivity contribution >= 4 is 5.91 Å². The van der Waals surface area contributed by atoms with Crippen LogP contribution in [0.1, 0.15) is 33.1 Å². The Morgan fingerprint density at radius 1 is 1.50 bits per heavy atom. The third kappa shape index (κ3) is 1.54. The Hall–Kier alpha value is -0.570. The van der Waals surface area contributed by atoms with E-state index in [1.54, 1.807) is 0 Å². The maximum atomic E-state index is 11.8. The van der Waals surface area contributed by atoms with Crippen LogP contribution >= 0.6 is 0 Å². The van der Waals surface area contributed by atoms with Crippen LogP contribution in [0.15, 0.2) is 0 Å². The van der Waals surface area contributed by atoms with Gasteiger partial charge in [0.2, 0.25) is 5.91 Å². The van der Waals surface area contributed by atoms with Gasteiger partial charge in [-0.1, -0.05) is 13.8 Å². The first-order valence-corrected chi connectivity index (χ1v) is 5.58. The molecule has 0 atom stereocenters. The predicted molar refractivity (Wildman–Crippen MR) is 55.7 cm³/mol. The molecule has 80 valence electrons. The molecule has 1 aliphatic heterocycles. The summed E-state index contributed by atoms with van der Waals surface area (Å²) in [6.07, 6.45) is 2.97. The lowest BCUT2D eigenvalue weighted by molar-refractivity contribution is -0.150. The monoisotopic (exact) mass is 196 g/mol. The molecule has 2 N–H and O–H groups in total. The summed E-state index contributed by atoms with van der Waals surface area (Å²) in [5.41, 5.74) is 6.07. The molecule has 0 radical (unpaired) electrons. The first kappa shape index (κ1) is 9.97. The molecule has 1 saturated heterocycles. The van der Waals surface area contributed by atoms with Crippen molar-refractivity contribution in [3.63, 3.8) is 0 Å². The van der Waals surface area contributed by atoms with Crippen molar-refractivity contribution in [2.45, 2.75) is 39.2 Å². The van der Waals surface area contributed by atoms with Gasteiger partial charge in [-0.3, -0.25) is 4.79 Å². The van der Waals surface area contributed by atoms with Crippen LogP contribution in [-0.4, -0.2) is 29.9 Å². The number of carbonyl (C=O) groups is 1. The normalized spacial score (nSPS) is 34.6. The van der Waals surface area contributed by atoms with Gasteiger partial charge in [-0.2, -0.15) is 0 Å². The third-order valence-electron chi connectivity index (χ3n) is 3.83. The molecule has 14 heavy (non-hydrogen) atoms. The van der Waals surface area contributed by atoms with Crippen LogP contribution < -0.4 is 5.73 Å². The molecule has 0 aromatic carbocycles. The molecular formula is C11H20N2O. The zero-order valence-corrected chi connectivity index (χ0v) is 9.12. The summed E-state index contributed by atoms with van der Waals surface area (Å²) in [5, 5.41) is 0. The molecule has 3 heteroatoms. The minimum Gasteiger partial charge on any atom is -0.341 e. The van der Waals surface area contributed by atoms with E-state index in [0.717, 1.165) is 25.9 Å². The Morgan fingerprint density at radius 2 is 2.07 bits per heavy atom. The molecule has 1 saturated carbocycles. The van der Waals surface area contributed by atoms with Crippen molar-refractivity contribution in [3.8, 4) is 0 Å². The van der Waals surface area contributed by atoms with E-state index in [1.165, 1.54) is 6.42 Å². The Balaban J connectivity index is 1.79. The van der Waals surface area contributed by atoms with E-state index in [1.807, 2.05) is 4.90 Å². The van der Waals surface area contributed by atoms with Crippen LogP contribution in [0.25, 0.3) is 0 Å². The van der Waals surface area contributed by atoms with Gasteiger partial charge in [0.05, 0.1) is 0 Å². The average molecular weight is 196 g/mol. The quantitative estimate of drug-likeness (QED) is 0.715. The van der Waals surface area contributed by atoms with Gasteiger partial charge in [0, 0.05) is 30.5 Å². The van der Waals surface area contributed by atoms with Crippen LogP contribution in [0.4, 0.5) is 0 Å². The number of hydrogen-bond donors (Lipinski definition) is 1. The minimum atomic E-state index is 0.242. The number of nitrogens with two attached hydrogens (primary N) is 1. The van der Waals surface area contributed by atoms with E-state index < -0.39 is 0 Å². The smallest absolute Gasteiger partial charge is 0.225 e. The number of likely N-dealkylation sites (tertiary alicyclic amines) is 1. The lowest BCUT2D eigenvalue weighted by atomic mass is 9.75. The lowest BCUT2D eigenvalue weighted by Crippen LogP contribution is -2.60. The Kier molecular flexibility index (Phi) is 2.30. The van der Waals surface area contributed by atoms with Gasteiger partial charge in [0.1, 0.15) is 0 Å². The molecule has 1 aliphatic carbocycles. The second-order valence-corrected chi connectivity index (χ2v) is 5.29. The van der Waals surface area contributed by atoms with Gasteiger partial charge in [-0.25, -0.2) is 0 Å². The van der Waals surface area contributed by atoms with E-state index in [2.05, 4.69) is 13.8 Å². The SMILES string of the molecule is CCC1(C)CN(C(=O)C2CC(N)C2)C1. The van der Waals surface area contributed by atoms with Crippen molar-refractivity contribution in [2.75, 3.05) is 13.1 Å². The Bertz CT molecular complexity index is 240. The summed E-state index contributed by atoms with van der Waals surface area (Å²) in [6, 6.07) is 0.280. The van der Waals surface area contributed by atoms with Crippen LogP contribution in [0.5, 0.6) is 0 Å². The second-order valence-electron chi connectivity index (χ2n) is 5.29. The highest BCUT2D eigenvalue weighted by Gasteiger charge is 2.44. The standard InChI is InChI=1S/C11H20N2O/c1-3-11(2)6-13(7-11)10(14)8-4-9(12)5-8/h8-9H,3-7,12H2,1-2H3. The molecule has 2 rings (SSSR count). The highest BCUT2D eigenvalue weighted by molar-refractivity contribution is 5.80. The average Bonchev–Trinajstić information content (AvgIpc) is 2.06. The summed E-state index contributed by atoms with van der Waals surface area (Å²) in [5.74, 6) is 0.587. The highest BCUT2D eigenvalue weighted by atomic mass is 16.2. The molecule has 0 aromatic heterocycles. The van der Waals surface area contributed by atoms with Gasteiger partial charge in [0.15, 0.2) is 0 Å². The Labute approximate surface area is 85.6 Å². The van der Waals surface area contributed by atoms with Gasteiger partial charge < -0.3 is 10.6 Å². The van der Waals surface area contributed by atoms with Gasteiger partial charge in [-0.15, -0.1) is 0 Å². The lowest BCUT2D eigenvalue weighted by Gasteiger charge is -2.50. The van der Waals surface area contributed by atoms with E-state index >= 15 is 0 Å². The molecular weight excluding hydrogens is 176 g/mol. The molecule has 3 nitrogen and oxygen atoms in total. The van der Waals surface area contributed by atoms with E-state index in [-0.39, 0.29) is 12.0 Å². The molecule has 2 aliphatic rings. The number of nitrogens with zero attached hydrogens (tertiary/aromatic N) is 1. The first-order chi connectivity index (χ1) is 6.54. The molecule has 0 spiro atoms. The number of rotatable bonds is 2. The van der Waals surface area contributed by atoms with Crippen molar-refractivity contribution in [1.82, 2.24) is 4.90 Å². The molecule has 2 fully saturated rings. The van der Waals surface area contributed by atoms with Crippen LogP contribution in [0.3, 0.4) is 0 Å². The molecule has 0 aromatic rings. The highest BCUT2D eigenvalue weighted by Crippen LogP contribution is 2.36. The Morgan fingerprint density at radius 3 is 2.50 bits per heavy atom. The van der Waals surface area contributed by atoms with Gasteiger partial charge in [0.25, 0.3) is 0 Å². The number of amides is 1. The third-order valence-corrected chi connectivity index (χ3v) is 3.83. The number of carbonyl (C=O) groups excluding carboxylic acids is 1. The maximum absolute atomic E-state index is 11.8. The first-order valence-electron chi connectivity index (χ1n) is 5.58. The zero-order chi connectivity index (χ0) is 10.3. The van der Waals surface area contributed by atoms with Crippen molar-refractivity contribution in [3.05, 3.63) is 0 Å². The largest absolute Gasteiger partial charge is 0.341 e. The van der Waals surface area contributed by atoms with Gasteiger partial charge in [-0.05, 0) is 19.3 Å². The summed E-state index contributed by atoms with van der Waals surface area (Å²) in [7, 11) is 0. The van der Waals surface area contributed by atoms with E-state index in [9.17, 15) is 4.79 Å². The van der Waals surface area contributed by atoms with Crippen molar-refractivity contribution in [1.29, 1.82) is 0 Å². The summed E-state index contributed by atoms with van der Waals surface area (Å²) >= 11 is 0. The minimum absolute atomic E-state index is 0.242. The summed E-state index contributed by atoms with van der Waals surface area (Å²) in [4.78, 5) is 13.8. The van der Waals surface area contributed by atoms with E-state index in [0.29, 0.717) is 11.3 Å². The van der Waals surface area contributed by atoms with Crippen LogP contribution in [0, 0.1) is 11.3 Å². The van der Waals surface area contributed by atoms with Crippen molar-refractivity contribution in [2.24, 2.45) is 17.1 Å². The molecule has 0 unspecified atom stereocenters. The second kappa shape index (κ2) is 3.23. The van der Waals surface area contributed by atoms with E-state index in [4.69, 9.17) is 5.73 Å². The fourth-order valence-corrected chi connectivity index (χ4v) is 2.38. The fraction of sp³-hybridized carbons (Fsp3) is 0.909. The molecule has 1 heterocycles. The summed E-state index contributed by atoms with van der Waals surface area (Å²) < 4.78 is 0. The maximum Gasteiger partial charge on any atom is 0.225 e. The predicted octanol–water partition coefficient (Wildman–Crippen LogP) is 0.982. The van der Waals surface area contributed by atoms with Crippen molar-refractivity contribution < 1.29 is 4.79 Å². The van der Waals surface area contributed by atoms with Crippen LogP contribution in [0.2, 0.25) is 0 Å². The molecule has 0 bridgehead atoms. The topological polar surface area (TPSA) is 46.3 Å². The van der Waals surface area contributed by atoms with Gasteiger partial charge >= 0.3 is 0 Å².